The van der Waals surface area contributed by atoms with E-state index in [9.17, 15) is 21.6 Å². The monoisotopic (exact) mass is 325 g/mol. The molecule has 0 heterocycles. The smallest absolute Gasteiger partial charge is 0.383 e. The van der Waals surface area contributed by atoms with Crippen molar-refractivity contribution >= 4 is 15.5 Å². The van der Waals surface area contributed by atoms with Gasteiger partial charge in [-0.25, -0.2) is 8.42 Å². The van der Waals surface area contributed by atoms with Gasteiger partial charge in [0.05, 0.1) is 11.5 Å². The van der Waals surface area contributed by atoms with E-state index in [1.807, 2.05) is 0 Å². The minimum absolute atomic E-state index is 0.475. The Hall–Kier alpha value is -1.28. The van der Waals surface area contributed by atoms with Gasteiger partial charge in [-0.1, -0.05) is 13.3 Å². The number of hydrogen-bond donors (Lipinski definition) is 1. The highest BCUT2D eigenvalue weighted by atomic mass is 32.2. The molecule has 0 aliphatic heterocycles. The second-order valence-corrected chi connectivity index (χ2v) is 6.31. The van der Waals surface area contributed by atoms with Crippen molar-refractivity contribution in [1.82, 2.24) is 0 Å². The van der Waals surface area contributed by atoms with Crippen LogP contribution in [-0.4, -0.2) is 33.7 Å². The average Bonchev–Trinajstić information content (AvgIpc) is 2.42. The lowest BCUT2D eigenvalue weighted by atomic mass is 10.3. The number of alkyl halides is 3. The van der Waals surface area contributed by atoms with Crippen LogP contribution in [0.15, 0.2) is 29.2 Å². The summed E-state index contributed by atoms with van der Waals surface area (Å²) in [7, 11) is -5.28. The van der Waals surface area contributed by atoms with Crippen molar-refractivity contribution in [3.63, 3.8) is 0 Å². The first-order valence-electron chi connectivity index (χ1n) is 6.52. The molecule has 0 bridgehead atoms. The maximum absolute atomic E-state index is 12.3. The van der Waals surface area contributed by atoms with Crippen LogP contribution in [0.3, 0.4) is 0 Å². The number of ether oxygens (including phenoxy) is 1. The molecule has 8 heteroatoms. The number of rotatable bonds is 8. The highest BCUT2D eigenvalue weighted by Gasteiger charge is 2.46. The highest BCUT2D eigenvalue weighted by Crippen LogP contribution is 2.30. The van der Waals surface area contributed by atoms with Gasteiger partial charge in [-0.2, -0.15) is 13.2 Å². The molecule has 0 saturated heterocycles. The average molecular weight is 325 g/mol. The van der Waals surface area contributed by atoms with Crippen LogP contribution in [0, 0.1) is 0 Å². The molecule has 0 fully saturated rings. The molecule has 4 nitrogen and oxygen atoms in total. The van der Waals surface area contributed by atoms with Crippen LogP contribution in [0.2, 0.25) is 0 Å². The summed E-state index contributed by atoms with van der Waals surface area (Å²) in [5.41, 5.74) is -4.75. The molecule has 1 N–H and O–H groups in total. The zero-order valence-electron chi connectivity index (χ0n) is 11.6. The third-order valence-corrected chi connectivity index (χ3v) is 4.19. The minimum atomic E-state index is -5.28. The van der Waals surface area contributed by atoms with E-state index >= 15 is 0 Å². The second kappa shape index (κ2) is 7.65. The van der Waals surface area contributed by atoms with Gasteiger partial charge in [0.15, 0.2) is 0 Å². The largest absolute Gasteiger partial charge is 0.501 e. The molecule has 0 spiro atoms. The number of anilines is 1. The third kappa shape index (κ3) is 5.20. The first-order valence-corrected chi connectivity index (χ1v) is 8.00. The van der Waals surface area contributed by atoms with Crippen LogP contribution in [0.4, 0.5) is 18.9 Å². The Bertz CT molecular complexity index is 527. The fraction of sp³-hybridized carbons (Fsp3) is 0.538. The van der Waals surface area contributed by atoms with Crippen LogP contribution in [0.5, 0.6) is 0 Å². The van der Waals surface area contributed by atoms with Crippen LogP contribution in [0.25, 0.3) is 0 Å². The Morgan fingerprint density at radius 3 is 2.29 bits per heavy atom. The number of sulfone groups is 1. The third-order valence-electron chi connectivity index (χ3n) is 2.69. The summed E-state index contributed by atoms with van der Waals surface area (Å²) < 4.78 is 64.7. The van der Waals surface area contributed by atoms with Gasteiger partial charge in [-0.05, 0) is 30.7 Å². The zero-order valence-corrected chi connectivity index (χ0v) is 12.4. The molecule has 0 unspecified atom stereocenters. The maximum atomic E-state index is 12.3. The van der Waals surface area contributed by atoms with Crippen molar-refractivity contribution in [2.75, 3.05) is 25.1 Å². The summed E-state index contributed by atoms with van der Waals surface area (Å²) in [6, 6.07) is 4.46. The molecule has 0 aromatic heterocycles. The molecule has 0 saturated carbocycles. The van der Waals surface area contributed by atoms with E-state index < -0.39 is 20.2 Å². The van der Waals surface area contributed by atoms with Crippen LogP contribution in [0.1, 0.15) is 19.8 Å². The molecule has 1 rings (SSSR count). The summed E-state index contributed by atoms with van der Waals surface area (Å²) in [5.74, 6) is 0. The lowest BCUT2D eigenvalue weighted by Crippen LogP contribution is -2.23. The summed E-state index contributed by atoms with van der Waals surface area (Å²) in [5, 5.41) is 2.94. The Morgan fingerprint density at radius 1 is 1.14 bits per heavy atom. The number of nitrogens with one attached hydrogen (secondary N) is 1. The van der Waals surface area contributed by atoms with Gasteiger partial charge in [0.2, 0.25) is 0 Å². The molecule has 1 aromatic carbocycles. The summed E-state index contributed by atoms with van der Waals surface area (Å²) >= 11 is 0. The number of halogens is 3. The Labute approximate surface area is 122 Å². The van der Waals surface area contributed by atoms with E-state index in [0.717, 1.165) is 25.0 Å². The molecule has 21 heavy (non-hydrogen) atoms. The molecule has 0 atom stereocenters. The fourth-order valence-corrected chi connectivity index (χ4v) is 2.26. The second-order valence-electron chi connectivity index (χ2n) is 4.37. The first kappa shape index (κ1) is 17.8. The molecule has 0 aliphatic rings. The SMILES string of the molecule is CCCCOCCNc1ccc(S(=O)(=O)C(F)(F)F)cc1. The molecular weight excluding hydrogens is 307 g/mol. The van der Waals surface area contributed by atoms with Crippen LogP contribution in [-0.2, 0) is 14.6 Å². The Kier molecular flexibility index (Phi) is 6.47. The van der Waals surface area contributed by atoms with Gasteiger partial charge in [0.25, 0.3) is 9.84 Å². The predicted molar refractivity (Wildman–Crippen MR) is 73.9 cm³/mol. The van der Waals surface area contributed by atoms with Gasteiger partial charge in [-0.15, -0.1) is 0 Å². The molecule has 1 aromatic rings. The lowest BCUT2D eigenvalue weighted by Gasteiger charge is -2.10. The van der Waals surface area contributed by atoms with Crippen molar-refractivity contribution in [3.8, 4) is 0 Å². The highest BCUT2D eigenvalue weighted by molar-refractivity contribution is 7.92. The number of benzene rings is 1. The molecule has 0 amide bonds. The summed E-state index contributed by atoms with van der Waals surface area (Å²) in [6.45, 7) is 3.69. The van der Waals surface area contributed by atoms with Crippen molar-refractivity contribution < 1.29 is 26.3 Å². The van der Waals surface area contributed by atoms with Crippen molar-refractivity contribution in [3.05, 3.63) is 24.3 Å². The summed E-state index contributed by atoms with van der Waals surface area (Å²) in [6.07, 6.45) is 2.02. The van der Waals surface area contributed by atoms with Crippen LogP contribution >= 0.6 is 0 Å². The normalized spacial score (nSPS) is 12.4. The fourth-order valence-electron chi connectivity index (χ4n) is 1.50. The molecule has 120 valence electrons. The molecule has 0 aliphatic carbocycles. The predicted octanol–water partition coefficient (Wildman–Crippen LogP) is 3.21. The van der Waals surface area contributed by atoms with E-state index in [2.05, 4.69) is 12.2 Å². The van der Waals surface area contributed by atoms with Gasteiger partial charge < -0.3 is 10.1 Å². The van der Waals surface area contributed by atoms with E-state index in [0.29, 0.717) is 25.4 Å². The van der Waals surface area contributed by atoms with Gasteiger partial charge >= 0.3 is 5.51 Å². The standard InChI is InChI=1S/C13H18F3NO3S/c1-2-3-9-20-10-8-17-11-4-6-12(7-5-11)21(18,19)13(14,15)16/h4-7,17H,2-3,8-10H2,1H3. The zero-order chi connectivity index (χ0) is 15.9. The van der Waals surface area contributed by atoms with Gasteiger partial charge in [-0.3, -0.25) is 0 Å². The topological polar surface area (TPSA) is 55.4 Å². The van der Waals surface area contributed by atoms with Crippen molar-refractivity contribution in [1.29, 1.82) is 0 Å². The van der Waals surface area contributed by atoms with E-state index in [-0.39, 0.29) is 0 Å². The quantitative estimate of drug-likeness (QED) is 0.746. The number of hydrogen-bond acceptors (Lipinski definition) is 4. The minimum Gasteiger partial charge on any atom is -0.383 e. The summed E-state index contributed by atoms with van der Waals surface area (Å²) in [4.78, 5) is -0.764. The molecular formula is C13H18F3NO3S. The van der Waals surface area contributed by atoms with E-state index in [1.54, 1.807) is 0 Å². The van der Waals surface area contributed by atoms with E-state index in [4.69, 9.17) is 4.74 Å². The van der Waals surface area contributed by atoms with E-state index in [1.165, 1.54) is 12.1 Å². The lowest BCUT2D eigenvalue weighted by molar-refractivity contribution is -0.0436. The first-order chi connectivity index (χ1) is 9.79. The van der Waals surface area contributed by atoms with Crippen molar-refractivity contribution in [2.45, 2.75) is 30.2 Å². The molecule has 0 radical (unpaired) electrons. The Morgan fingerprint density at radius 2 is 1.76 bits per heavy atom. The van der Waals surface area contributed by atoms with Gasteiger partial charge in [0.1, 0.15) is 0 Å². The van der Waals surface area contributed by atoms with Gasteiger partial charge in [0, 0.05) is 18.8 Å². The van der Waals surface area contributed by atoms with Crippen LogP contribution < -0.4 is 5.32 Å². The maximum Gasteiger partial charge on any atom is 0.501 e. The van der Waals surface area contributed by atoms with Crippen molar-refractivity contribution in [2.24, 2.45) is 0 Å². The number of unbranched alkanes of at least 4 members (excludes halogenated alkanes) is 1. The Balaban J connectivity index is 2.52.